The van der Waals surface area contributed by atoms with Crippen molar-refractivity contribution < 1.29 is 80.2 Å². The average molecular weight is 1620 g/mol. The summed E-state index contributed by atoms with van der Waals surface area (Å²) in [5.41, 5.74) is 0. The van der Waals surface area contributed by atoms with Crippen LogP contribution in [-0.2, 0) is 65.4 Å². The van der Waals surface area contributed by atoms with Crippen molar-refractivity contribution in [1.82, 2.24) is 0 Å². The predicted octanol–water partition coefficient (Wildman–Crippen LogP) is 28.3. The third kappa shape index (κ3) is 81.6. The molecule has 0 fully saturated rings. The number of ether oxygens (including phenoxy) is 4. The van der Waals surface area contributed by atoms with E-state index in [1.54, 1.807) is 0 Å². The lowest BCUT2D eigenvalue weighted by Crippen LogP contribution is -2.30. The van der Waals surface area contributed by atoms with Gasteiger partial charge in [0.15, 0.2) is 12.2 Å². The van der Waals surface area contributed by atoms with Crippen LogP contribution in [0.2, 0.25) is 0 Å². The van der Waals surface area contributed by atoms with Gasteiger partial charge in [0.25, 0.3) is 0 Å². The quantitative estimate of drug-likeness (QED) is 0.0222. The van der Waals surface area contributed by atoms with E-state index < -0.39 is 97.5 Å². The van der Waals surface area contributed by atoms with Gasteiger partial charge in [-0.05, 0) is 49.4 Å². The fourth-order valence-corrected chi connectivity index (χ4v) is 15.9. The number of rotatable bonds is 89. The minimum absolute atomic E-state index is 0.107. The summed E-state index contributed by atoms with van der Waals surface area (Å²) in [6.45, 7) is 14.4. The summed E-state index contributed by atoms with van der Waals surface area (Å²) in [4.78, 5) is 73.4. The van der Waals surface area contributed by atoms with Crippen molar-refractivity contribution in [2.45, 2.75) is 504 Å². The summed E-state index contributed by atoms with van der Waals surface area (Å²) in [7, 11) is -9.94. The van der Waals surface area contributed by atoms with Crippen LogP contribution in [0.15, 0.2) is 0 Å². The van der Waals surface area contributed by atoms with E-state index in [1.807, 2.05) is 0 Å². The van der Waals surface area contributed by atoms with Crippen LogP contribution in [0.25, 0.3) is 0 Å². The Morgan fingerprint density at radius 3 is 0.640 bits per heavy atom. The summed E-state index contributed by atoms with van der Waals surface area (Å²) >= 11 is 0. The number of phosphoric ester groups is 2. The van der Waals surface area contributed by atoms with E-state index in [1.165, 1.54) is 283 Å². The molecule has 0 aliphatic rings. The van der Waals surface area contributed by atoms with Crippen molar-refractivity contribution in [3.63, 3.8) is 0 Å². The molecule has 8 atom stereocenters. The third-order valence-corrected chi connectivity index (χ3v) is 24.6. The molecule has 0 heterocycles. The molecule has 0 saturated carbocycles. The van der Waals surface area contributed by atoms with Gasteiger partial charge >= 0.3 is 39.5 Å². The first-order chi connectivity index (χ1) is 53.7. The summed E-state index contributed by atoms with van der Waals surface area (Å²) in [6.07, 6.45) is 72.3. The number of carbonyl (C=O) groups excluding carboxylic acids is 4. The molecule has 0 aliphatic carbocycles. The summed E-state index contributed by atoms with van der Waals surface area (Å²) in [6, 6.07) is 0. The third-order valence-electron chi connectivity index (χ3n) is 22.7. The molecule has 17 nitrogen and oxygen atoms in total. The fourth-order valence-electron chi connectivity index (χ4n) is 14.3. The summed E-state index contributed by atoms with van der Waals surface area (Å²) in [5, 5.41) is 10.7. The second-order valence-corrected chi connectivity index (χ2v) is 37.2. The molecule has 660 valence electrons. The van der Waals surface area contributed by atoms with Crippen LogP contribution in [0.1, 0.15) is 486 Å². The lowest BCUT2D eigenvalue weighted by Gasteiger charge is -2.21. The predicted molar refractivity (Wildman–Crippen MR) is 460 cm³/mol. The Hall–Kier alpha value is -1.94. The van der Waals surface area contributed by atoms with E-state index in [0.717, 1.165) is 120 Å². The Morgan fingerprint density at radius 2 is 0.432 bits per heavy atom. The number of phosphoric acid groups is 2. The Bertz CT molecular complexity index is 2150. The highest BCUT2D eigenvalue weighted by atomic mass is 31.2. The molecule has 0 aromatic rings. The van der Waals surface area contributed by atoms with Crippen molar-refractivity contribution in [3.8, 4) is 0 Å². The van der Waals surface area contributed by atoms with Crippen molar-refractivity contribution >= 4 is 39.5 Å². The molecule has 0 aromatic carbocycles. The van der Waals surface area contributed by atoms with Gasteiger partial charge in [-0.3, -0.25) is 37.3 Å². The molecule has 5 unspecified atom stereocenters. The summed E-state index contributed by atoms with van der Waals surface area (Å²) in [5.74, 6) is 1.17. The SMILES string of the molecule is CCC(C)CCCCCCCCCCCCCCCCCCCCC(=O)O[C@H](COC(=O)CCCCCCCCCCCCCCCCC(C)C)COP(=O)(O)OC[C@@H](O)COP(=O)(O)OC[C@@H](COC(=O)CCCCCCCCC(C)CC)OC(=O)CCCCCCCCCCCCCCCCCCCCC(C)CC. The number of aliphatic hydroxyl groups excluding tert-OH is 1. The molecule has 0 spiro atoms. The van der Waals surface area contributed by atoms with Crippen LogP contribution in [0.5, 0.6) is 0 Å². The Kier molecular flexibility index (Phi) is 79.1. The van der Waals surface area contributed by atoms with Gasteiger partial charge in [0.2, 0.25) is 0 Å². The maximum atomic E-state index is 13.2. The normalized spacial score (nSPS) is 14.6. The van der Waals surface area contributed by atoms with Crippen molar-refractivity contribution in [2.75, 3.05) is 39.6 Å². The van der Waals surface area contributed by atoms with E-state index in [2.05, 4.69) is 55.4 Å². The lowest BCUT2D eigenvalue weighted by molar-refractivity contribution is -0.161. The lowest BCUT2D eigenvalue weighted by atomic mass is 9.99. The van der Waals surface area contributed by atoms with E-state index in [9.17, 15) is 43.2 Å². The topological polar surface area (TPSA) is 237 Å². The first-order valence-corrected chi connectivity index (χ1v) is 50.3. The van der Waals surface area contributed by atoms with Gasteiger partial charge in [-0.15, -0.1) is 0 Å². The fraction of sp³-hybridized carbons (Fsp3) is 0.957. The number of aliphatic hydroxyl groups is 1. The van der Waals surface area contributed by atoms with Gasteiger partial charge in [-0.2, -0.15) is 0 Å². The standard InChI is InChI=1S/C92H180O17P2/c1-9-83(6)69-61-53-45-39-33-27-20-16-12-14-18-22-30-36-42-48-58-66-74-91(96)108-87(78-102-89(94)72-64-56-47-41-35-29-25-24-26-32-38-44-52-60-68-82(4)5)80-106-110(98,99)104-76-86(93)77-105-111(100,101)107-81-88(79-103-90(95)73-65-57-51-50-55-63-71-85(8)11-3)109-92(97)75-67-59-49-43-37-31-23-19-15-13-17-21-28-34-40-46-54-62-70-84(7)10-2/h82-88,93H,9-81H2,1-8H3,(H,98,99)(H,100,101)/t83?,84?,85?,86-,87-,88-/m1/s1. The largest absolute Gasteiger partial charge is 0.472 e. The Balaban J connectivity index is 5.21. The van der Waals surface area contributed by atoms with Gasteiger partial charge in [0, 0.05) is 25.7 Å². The summed E-state index contributed by atoms with van der Waals surface area (Å²) < 4.78 is 69.1. The van der Waals surface area contributed by atoms with Crippen molar-refractivity contribution in [2.24, 2.45) is 23.7 Å². The minimum atomic E-state index is -4.97. The zero-order valence-electron chi connectivity index (χ0n) is 73.6. The molecular weight excluding hydrogens is 1440 g/mol. The van der Waals surface area contributed by atoms with Gasteiger partial charge in [0.05, 0.1) is 26.4 Å². The van der Waals surface area contributed by atoms with E-state index in [-0.39, 0.29) is 25.7 Å². The number of hydrogen-bond acceptors (Lipinski definition) is 15. The molecular formula is C92H180O17P2. The van der Waals surface area contributed by atoms with Gasteiger partial charge < -0.3 is 33.8 Å². The van der Waals surface area contributed by atoms with Crippen LogP contribution < -0.4 is 0 Å². The molecule has 0 aliphatic heterocycles. The van der Waals surface area contributed by atoms with Crippen LogP contribution in [0.4, 0.5) is 0 Å². The van der Waals surface area contributed by atoms with Crippen LogP contribution in [-0.4, -0.2) is 96.7 Å². The molecule has 3 N–H and O–H groups in total. The Morgan fingerprint density at radius 1 is 0.252 bits per heavy atom. The molecule has 19 heteroatoms. The average Bonchev–Trinajstić information content (AvgIpc) is 0.899. The smallest absolute Gasteiger partial charge is 0.462 e. The highest BCUT2D eigenvalue weighted by Gasteiger charge is 2.31. The van der Waals surface area contributed by atoms with E-state index in [0.29, 0.717) is 25.7 Å². The van der Waals surface area contributed by atoms with E-state index >= 15 is 0 Å². The molecule has 0 aromatic heterocycles. The monoisotopic (exact) mass is 1620 g/mol. The highest BCUT2D eigenvalue weighted by Crippen LogP contribution is 2.45. The van der Waals surface area contributed by atoms with Gasteiger partial charge in [-0.1, -0.05) is 434 Å². The maximum absolute atomic E-state index is 13.2. The molecule has 0 amide bonds. The van der Waals surface area contributed by atoms with Crippen LogP contribution in [0, 0.1) is 23.7 Å². The molecule has 0 saturated heterocycles. The zero-order chi connectivity index (χ0) is 81.6. The molecule has 0 rings (SSSR count). The molecule has 111 heavy (non-hydrogen) atoms. The second kappa shape index (κ2) is 80.5. The number of esters is 4. The Labute approximate surface area is 683 Å². The van der Waals surface area contributed by atoms with Crippen molar-refractivity contribution in [3.05, 3.63) is 0 Å². The zero-order valence-corrected chi connectivity index (χ0v) is 75.4. The molecule has 0 radical (unpaired) electrons. The number of hydrogen-bond donors (Lipinski definition) is 3. The van der Waals surface area contributed by atoms with Gasteiger partial charge in [0.1, 0.15) is 19.3 Å². The van der Waals surface area contributed by atoms with Crippen molar-refractivity contribution in [1.29, 1.82) is 0 Å². The first-order valence-electron chi connectivity index (χ1n) is 47.3. The number of carbonyl (C=O) groups is 4. The van der Waals surface area contributed by atoms with Crippen LogP contribution in [0.3, 0.4) is 0 Å². The second-order valence-electron chi connectivity index (χ2n) is 34.3. The van der Waals surface area contributed by atoms with E-state index in [4.69, 9.17) is 37.0 Å². The molecule has 0 bridgehead atoms. The minimum Gasteiger partial charge on any atom is -0.462 e. The van der Waals surface area contributed by atoms with Crippen LogP contribution >= 0.6 is 15.6 Å². The first kappa shape index (κ1) is 109. The highest BCUT2D eigenvalue weighted by molar-refractivity contribution is 7.47. The number of unbranched alkanes of at least 4 members (excludes halogenated alkanes) is 52. The van der Waals surface area contributed by atoms with Gasteiger partial charge in [-0.25, -0.2) is 9.13 Å². The maximum Gasteiger partial charge on any atom is 0.472 e.